The first kappa shape index (κ1) is 12.8. The van der Waals surface area contributed by atoms with Crippen LogP contribution in [0.15, 0.2) is 53.7 Å². The summed E-state index contributed by atoms with van der Waals surface area (Å²) >= 11 is 5.93. The lowest BCUT2D eigenvalue weighted by Gasteiger charge is -2.06. The van der Waals surface area contributed by atoms with Gasteiger partial charge in [0.15, 0.2) is 0 Å². The van der Waals surface area contributed by atoms with Crippen LogP contribution in [0.2, 0.25) is 5.02 Å². The van der Waals surface area contributed by atoms with Gasteiger partial charge in [0, 0.05) is 29.9 Å². The minimum absolute atomic E-state index is 0.0755. The third-order valence-electron chi connectivity index (χ3n) is 3.12. The van der Waals surface area contributed by atoms with Gasteiger partial charge in [-0.2, -0.15) is 0 Å². The van der Waals surface area contributed by atoms with Gasteiger partial charge in [-0.15, -0.1) is 0 Å². The summed E-state index contributed by atoms with van der Waals surface area (Å²) < 4.78 is 1.59. The van der Waals surface area contributed by atoms with E-state index in [9.17, 15) is 4.79 Å². The molecule has 3 rings (SSSR count). The number of halogens is 1. The molecule has 0 fully saturated rings. The van der Waals surface area contributed by atoms with Crippen LogP contribution >= 0.6 is 11.6 Å². The first-order valence-corrected chi connectivity index (χ1v) is 6.66. The van der Waals surface area contributed by atoms with Crippen molar-refractivity contribution in [3.8, 4) is 0 Å². The second kappa shape index (κ2) is 5.43. The molecule has 0 saturated heterocycles. The molecular weight excluding hydrogens is 274 g/mol. The smallest absolute Gasteiger partial charge is 0.261 e. The van der Waals surface area contributed by atoms with Gasteiger partial charge in [-0.1, -0.05) is 17.7 Å². The maximum atomic E-state index is 12.3. The summed E-state index contributed by atoms with van der Waals surface area (Å²) in [6, 6.07) is 10.9. The van der Waals surface area contributed by atoms with Crippen LogP contribution in [0.5, 0.6) is 0 Å². The number of benzene rings is 1. The molecular formula is C15H12ClN3O. The van der Waals surface area contributed by atoms with Crippen molar-refractivity contribution >= 4 is 22.5 Å². The Kier molecular flexibility index (Phi) is 3.48. The van der Waals surface area contributed by atoms with Gasteiger partial charge < -0.3 is 0 Å². The predicted molar refractivity (Wildman–Crippen MR) is 79.0 cm³/mol. The lowest BCUT2D eigenvalue weighted by molar-refractivity contribution is 0.654. The van der Waals surface area contributed by atoms with E-state index in [-0.39, 0.29) is 5.56 Å². The largest absolute Gasteiger partial charge is 0.298 e. The molecule has 0 amide bonds. The Bertz CT molecular complexity index is 799. The number of aromatic nitrogens is 3. The Morgan fingerprint density at radius 3 is 2.85 bits per heavy atom. The van der Waals surface area contributed by atoms with Gasteiger partial charge in [0.05, 0.1) is 17.2 Å². The summed E-state index contributed by atoms with van der Waals surface area (Å²) in [7, 11) is 0. The van der Waals surface area contributed by atoms with Crippen LogP contribution in [0.1, 0.15) is 5.69 Å². The molecule has 0 atom stereocenters. The molecule has 0 radical (unpaired) electrons. The molecule has 2 heterocycles. The molecule has 1 aromatic carbocycles. The van der Waals surface area contributed by atoms with Crippen LogP contribution in [0.3, 0.4) is 0 Å². The van der Waals surface area contributed by atoms with Crippen molar-refractivity contribution in [2.24, 2.45) is 0 Å². The van der Waals surface area contributed by atoms with Crippen LogP contribution in [-0.2, 0) is 13.0 Å². The number of rotatable bonds is 3. The average molecular weight is 286 g/mol. The Morgan fingerprint density at radius 2 is 2.05 bits per heavy atom. The average Bonchev–Trinajstić information content (AvgIpc) is 2.48. The van der Waals surface area contributed by atoms with Crippen molar-refractivity contribution in [1.29, 1.82) is 0 Å². The summed E-state index contributed by atoms with van der Waals surface area (Å²) in [6.07, 6.45) is 4.01. The van der Waals surface area contributed by atoms with Gasteiger partial charge in [0.25, 0.3) is 5.56 Å². The molecule has 0 N–H and O–H groups in total. The molecule has 0 saturated carbocycles. The van der Waals surface area contributed by atoms with E-state index < -0.39 is 0 Å². The van der Waals surface area contributed by atoms with Crippen molar-refractivity contribution in [3.05, 3.63) is 70.0 Å². The number of hydrogen-bond donors (Lipinski definition) is 0. The van der Waals surface area contributed by atoms with E-state index in [1.165, 1.54) is 0 Å². The number of aryl methyl sites for hydroxylation is 2. The third-order valence-corrected chi connectivity index (χ3v) is 3.36. The quantitative estimate of drug-likeness (QED) is 0.743. The van der Waals surface area contributed by atoms with Gasteiger partial charge >= 0.3 is 0 Å². The SMILES string of the molecule is O=c1c2cc(Cl)ccc2ncn1CCc1ccccn1. The highest BCUT2D eigenvalue weighted by Gasteiger charge is 2.05. The van der Waals surface area contributed by atoms with E-state index >= 15 is 0 Å². The summed E-state index contributed by atoms with van der Waals surface area (Å²) in [5, 5.41) is 1.08. The lowest BCUT2D eigenvalue weighted by Crippen LogP contribution is -2.21. The summed E-state index contributed by atoms with van der Waals surface area (Å²) in [5.41, 5.74) is 1.53. The molecule has 20 heavy (non-hydrogen) atoms. The Hall–Kier alpha value is -2.20. The van der Waals surface area contributed by atoms with E-state index in [1.54, 1.807) is 35.3 Å². The number of hydrogen-bond acceptors (Lipinski definition) is 3. The zero-order chi connectivity index (χ0) is 13.9. The standard InChI is InChI=1S/C15H12ClN3O/c16-11-4-5-14-13(9-11)15(20)19(10-18-14)8-6-12-3-1-2-7-17-12/h1-5,7,9-10H,6,8H2. The molecule has 0 unspecified atom stereocenters. The molecule has 4 nitrogen and oxygen atoms in total. The Morgan fingerprint density at radius 1 is 1.15 bits per heavy atom. The number of fused-ring (bicyclic) bond motifs is 1. The number of pyridine rings is 1. The monoisotopic (exact) mass is 285 g/mol. The summed E-state index contributed by atoms with van der Waals surface area (Å²) in [4.78, 5) is 20.9. The molecule has 2 aromatic heterocycles. The fourth-order valence-electron chi connectivity index (χ4n) is 2.07. The van der Waals surface area contributed by atoms with Gasteiger partial charge in [-0.3, -0.25) is 14.3 Å². The van der Waals surface area contributed by atoms with E-state index in [2.05, 4.69) is 9.97 Å². The predicted octanol–water partition coefficient (Wildman–Crippen LogP) is 2.69. The van der Waals surface area contributed by atoms with Crippen molar-refractivity contribution in [2.75, 3.05) is 0 Å². The first-order chi connectivity index (χ1) is 9.74. The summed E-state index contributed by atoms with van der Waals surface area (Å²) in [5.74, 6) is 0. The second-order valence-electron chi connectivity index (χ2n) is 4.48. The number of nitrogens with zero attached hydrogens (tertiary/aromatic N) is 3. The van der Waals surface area contributed by atoms with Crippen molar-refractivity contribution in [3.63, 3.8) is 0 Å². The fraction of sp³-hybridized carbons (Fsp3) is 0.133. The maximum absolute atomic E-state index is 12.3. The summed E-state index contributed by atoms with van der Waals surface area (Å²) in [6.45, 7) is 0.547. The Labute approximate surface area is 120 Å². The molecule has 0 aliphatic rings. The van der Waals surface area contributed by atoms with Crippen molar-refractivity contribution < 1.29 is 0 Å². The van der Waals surface area contributed by atoms with Gasteiger partial charge in [0.2, 0.25) is 0 Å². The van der Waals surface area contributed by atoms with Gasteiger partial charge in [0.1, 0.15) is 0 Å². The van der Waals surface area contributed by atoms with E-state index in [1.807, 2.05) is 18.2 Å². The van der Waals surface area contributed by atoms with E-state index in [0.717, 1.165) is 5.69 Å². The van der Waals surface area contributed by atoms with Crippen molar-refractivity contribution in [2.45, 2.75) is 13.0 Å². The highest BCUT2D eigenvalue weighted by atomic mass is 35.5. The van der Waals surface area contributed by atoms with E-state index in [4.69, 9.17) is 11.6 Å². The molecule has 0 bridgehead atoms. The van der Waals surface area contributed by atoms with Crippen molar-refractivity contribution in [1.82, 2.24) is 14.5 Å². The molecule has 0 aliphatic heterocycles. The van der Waals surface area contributed by atoms with E-state index in [0.29, 0.717) is 28.9 Å². The third kappa shape index (κ3) is 2.56. The topological polar surface area (TPSA) is 47.8 Å². The fourth-order valence-corrected chi connectivity index (χ4v) is 2.24. The minimum Gasteiger partial charge on any atom is -0.298 e. The molecule has 0 spiro atoms. The molecule has 0 aliphatic carbocycles. The van der Waals surface area contributed by atoms with Crippen LogP contribution in [0, 0.1) is 0 Å². The zero-order valence-corrected chi connectivity index (χ0v) is 11.4. The highest BCUT2D eigenvalue weighted by Crippen LogP contribution is 2.14. The zero-order valence-electron chi connectivity index (χ0n) is 10.7. The normalized spacial score (nSPS) is 10.8. The second-order valence-corrected chi connectivity index (χ2v) is 4.91. The highest BCUT2D eigenvalue weighted by molar-refractivity contribution is 6.31. The van der Waals surface area contributed by atoms with Crippen LogP contribution in [0.25, 0.3) is 10.9 Å². The van der Waals surface area contributed by atoms with Crippen LogP contribution < -0.4 is 5.56 Å². The van der Waals surface area contributed by atoms with Gasteiger partial charge in [-0.25, -0.2) is 4.98 Å². The molecule has 5 heteroatoms. The Balaban J connectivity index is 1.92. The lowest BCUT2D eigenvalue weighted by atomic mass is 10.2. The van der Waals surface area contributed by atoms with Crippen LogP contribution in [-0.4, -0.2) is 14.5 Å². The minimum atomic E-state index is -0.0755. The van der Waals surface area contributed by atoms with Crippen LogP contribution in [0.4, 0.5) is 0 Å². The molecule has 3 aromatic rings. The molecule has 100 valence electrons. The maximum Gasteiger partial charge on any atom is 0.261 e. The first-order valence-electron chi connectivity index (χ1n) is 6.29. The van der Waals surface area contributed by atoms with Gasteiger partial charge in [-0.05, 0) is 30.3 Å².